The Bertz CT molecular complexity index is 857. The van der Waals surface area contributed by atoms with E-state index in [-0.39, 0.29) is 0 Å². The average Bonchev–Trinajstić information content (AvgIpc) is 3.25. The van der Waals surface area contributed by atoms with Crippen molar-refractivity contribution in [1.29, 1.82) is 0 Å². The van der Waals surface area contributed by atoms with Crippen molar-refractivity contribution in [3.05, 3.63) is 53.6 Å². The first-order valence-corrected chi connectivity index (χ1v) is 10.7. The fourth-order valence-corrected chi connectivity index (χ4v) is 4.07. The SMILES string of the molecule is CN=C(NCc1ccc(OC)c(OC)c1OC)NCC1CCCN1Cc1ccccc1. The lowest BCUT2D eigenvalue weighted by molar-refractivity contribution is 0.245. The van der Waals surface area contributed by atoms with Crippen LogP contribution in [0.2, 0.25) is 0 Å². The Kier molecular flexibility index (Phi) is 8.41. The maximum absolute atomic E-state index is 5.58. The van der Waals surface area contributed by atoms with Crippen LogP contribution in [0.1, 0.15) is 24.0 Å². The summed E-state index contributed by atoms with van der Waals surface area (Å²) in [4.78, 5) is 6.93. The van der Waals surface area contributed by atoms with E-state index in [9.17, 15) is 0 Å². The van der Waals surface area contributed by atoms with Crippen molar-refractivity contribution >= 4 is 5.96 Å². The molecule has 1 aliphatic rings. The van der Waals surface area contributed by atoms with Gasteiger partial charge in [0.2, 0.25) is 5.75 Å². The predicted octanol–water partition coefficient (Wildman–Crippen LogP) is 3.04. The van der Waals surface area contributed by atoms with Crippen molar-refractivity contribution in [3.63, 3.8) is 0 Å². The number of aliphatic imine (C=N–C) groups is 1. The fraction of sp³-hybridized carbons (Fsp3) is 0.458. The molecule has 1 heterocycles. The first-order valence-electron chi connectivity index (χ1n) is 10.7. The Labute approximate surface area is 185 Å². The van der Waals surface area contributed by atoms with Crippen LogP contribution in [0.25, 0.3) is 0 Å². The molecule has 0 saturated carbocycles. The Hall–Kier alpha value is -2.93. The molecule has 1 fully saturated rings. The molecule has 1 atom stereocenters. The van der Waals surface area contributed by atoms with Gasteiger partial charge in [-0.15, -0.1) is 0 Å². The lowest BCUT2D eigenvalue weighted by Crippen LogP contribution is -2.44. The van der Waals surface area contributed by atoms with Gasteiger partial charge >= 0.3 is 0 Å². The first-order chi connectivity index (χ1) is 15.2. The second-order valence-electron chi connectivity index (χ2n) is 7.55. The van der Waals surface area contributed by atoms with Gasteiger partial charge in [-0.1, -0.05) is 30.3 Å². The number of hydrogen-bond donors (Lipinski definition) is 2. The molecule has 2 N–H and O–H groups in total. The standard InChI is InChI=1S/C24H34N4O3/c1-25-24(26-15-19-12-13-21(29-2)23(31-4)22(19)30-3)27-16-20-11-8-14-28(20)17-18-9-6-5-7-10-18/h5-7,9-10,12-13,20H,8,11,14-17H2,1-4H3,(H2,25,26,27). The van der Waals surface area contributed by atoms with Crippen molar-refractivity contribution in [1.82, 2.24) is 15.5 Å². The van der Waals surface area contributed by atoms with Gasteiger partial charge < -0.3 is 24.8 Å². The Morgan fingerprint density at radius 2 is 1.77 bits per heavy atom. The third-order valence-electron chi connectivity index (χ3n) is 5.69. The van der Waals surface area contributed by atoms with Gasteiger partial charge in [0.1, 0.15) is 0 Å². The summed E-state index contributed by atoms with van der Waals surface area (Å²) in [6.45, 7) is 3.54. The zero-order valence-electron chi connectivity index (χ0n) is 19.0. The smallest absolute Gasteiger partial charge is 0.203 e. The van der Waals surface area contributed by atoms with Gasteiger partial charge in [-0.25, -0.2) is 0 Å². The van der Waals surface area contributed by atoms with Crippen LogP contribution in [-0.4, -0.2) is 58.4 Å². The molecule has 3 rings (SSSR count). The third-order valence-corrected chi connectivity index (χ3v) is 5.69. The lowest BCUT2D eigenvalue weighted by Gasteiger charge is -2.25. The van der Waals surface area contributed by atoms with Gasteiger partial charge in [-0.3, -0.25) is 9.89 Å². The number of benzene rings is 2. The van der Waals surface area contributed by atoms with Crippen LogP contribution in [0, 0.1) is 0 Å². The van der Waals surface area contributed by atoms with Crippen molar-refractivity contribution in [2.24, 2.45) is 4.99 Å². The van der Waals surface area contributed by atoms with E-state index in [0.717, 1.165) is 31.2 Å². The molecule has 1 unspecified atom stereocenters. The van der Waals surface area contributed by atoms with Gasteiger partial charge in [0, 0.05) is 38.3 Å². The molecule has 2 aromatic rings. The highest BCUT2D eigenvalue weighted by Crippen LogP contribution is 2.39. The van der Waals surface area contributed by atoms with Crippen LogP contribution in [0.5, 0.6) is 17.2 Å². The molecule has 31 heavy (non-hydrogen) atoms. The van der Waals surface area contributed by atoms with E-state index >= 15 is 0 Å². The molecule has 0 bridgehead atoms. The zero-order valence-corrected chi connectivity index (χ0v) is 19.0. The van der Waals surface area contributed by atoms with Crippen molar-refractivity contribution in [3.8, 4) is 17.2 Å². The summed E-state index contributed by atoms with van der Waals surface area (Å²) >= 11 is 0. The molecule has 0 aromatic heterocycles. The second-order valence-corrected chi connectivity index (χ2v) is 7.55. The summed E-state index contributed by atoms with van der Waals surface area (Å²) in [6.07, 6.45) is 2.42. The molecule has 0 amide bonds. The highest BCUT2D eigenvalue weighted by molar-refractivity contribution is 5.79. The Balaban J connectivity index is 1.56. The van der Waals surface area contributed by atoms with Crippen molar-refractivity contribution in [2.45, 2.75) is 32.0 Å². The summed E-state index contributed by atoms with van der Waals surface area (Å²) in [6, 6.07) is 15.0. The van der Waals surface area contributed by atoms with E-state index in [1.807, 2.05) is 12.1 Å². The van der Waals surface area contributed by atoms with Gasteiger partial charge in [0.05, 0.1) is 21.3 Å². The minimum atomic E-state index is 0.495. The molecule has 0 spiro atoms. The van der Waals surface area contributed by atoms with Crippen molar-refractivity contribution in [2.75, 3.05) is 41.5 Å². The van der Waals surface area contributed by atoms with Crippen LogP contribution in [-0.2, 0) is 13.1 Å². The van der Waals surface area contributed by atoms with Crippen LogP contribution < -0.4 is 24.8 Å². The Morgan fingerprint density at radius 3 is 2.45 bits per heavy atom. The maximum atomic E-state index is 5.58. The fourth-order valence-electron chi connectivity index (χ4n) is 4.07. The molecule has 1 saturated heterocycles. The number of guanidine groups is 1. The average molecular weight is 427 g/mol. The highest BCUT2D eigenvalue weighted by atomic mass is 16.5. The normalized spacial score (nSPS) is 16.8. The Morgan fingerprint density at radius 1 is 1.00 bits per heavy atom. The van der Waals surface area contributed by atoms with E-state index in [2.05, 4.69) is 50.9 Å². The minimum absolute atomic E-state index is 0.495. The molecule has 0 radical (unpaired) electrons. The third kappa shape index (κ3) is 5.82. The van der Waals surface area contributed by atoms with E-state index in [1.165, 1.54) is 18.4 Å². The largest absolute Gasteiger partial charge is 0.493 e. The number of rotatable bonds is 9. The first kappa shape index (κ1) is 22.7. The van der Waals surface area contributed by atoms with Crippen LogP contribution >= 0.6 is 0 Å². The summed E-state index contributed by atoms with van der Waals surface area (Å²) in [5, 5.41) is 6.87. The van der Waals surface area contributed by atoms with Crippen molar-refractivity contribution < 1.29 is 14.2 Å². The summed E-state index contributed by atoms with van der Waals surface area (Å²) in [5.74, 6) is 2.66. The summed E-state index contributed by atoms with van der Waals surface area (Å²) in [5.41, 5.74) is 2.33. The number of methoxy groups -OCH3 is 3. The maximum Gasteiger partial charge on any atom is 0.203 e. The topological polar surface area (TPSA) is 67.4 Å². The monoisotopic (exact) mass is 426 g/mol. The van der Waals surface area contributed by atoms with Crippen LogP contribution in [0.3, 0.4) is 0 Å². The van der Waals surface area contributed by atoms with Gasteiger partial charge in [0.25, 0.3) is 0 Å². The van der Waals surface area contributed by atoms with E-state index in [0.29, 0.717) is 29.8 Å². The zero-order chi connectivity index (χ0) is 22.1. The summed E-state index contributed by atoms with van der Waals surface area (Å²) < 4.78 is 16.4. The molecular formula is C24H34N4O3. The number of nitrogens with one attached hydrogen (secondary N) is 2. The molecule has 0 aliphatic carbocycles. The molecule has 2 aromatic carbocycles. The number of nitrogens with zero attached hydrogens (tertiary/aromatic N) is 2. The molecular weight excluding hydrogens is 392 g/mol. The molecule has 1 aliphatic heterocycles. The number of hydrogen-bond acceptors (Lipinski definition) is 5. The number of ether oxygens (including phenoxy) is 3. The van der Waals surface area contributed by atoms with Gasteiger partial charge in [-0.2, -0.15) is 0 Å². The molecule has 7 heteroatoms. The van der Waals surface area contributed by atoms with Gasteiger partial charge in [-0.05, 0) is 37.1 Å². The van der Waals surface area contributed by atoms with E-state index in [4.69, 9.17) is 14.2 Å². The summed E-state index contributed by atoms with van der Waals surface area (Å²) in [7, 11) is 6.65. The molecule has 168 valence electrons. The predicted molar refractivity (Wildman–Crippen MR) is 124 cm³/mol. The number of likely N-dealkylation sites (tertiary alicyclic amines) is 1. The van der Waals surface area contributed by atoms with E-state index < -0.39 is 0 Å². The van der Waals surface area contributed by atoms with Crippen LogP contribution in [0.4, 0.5) is 0 Å². The minimum Gasteiger partial charge on any atom is -0.493 e. The highest BCUT2D eigenvalue weighted by Gasteiger charge is 2.24. The quantitative estimate of drug-likeness (QED) is 0.475. The lowest BCUT2D eigenvalue weighted by atomic mass is 10.1. The van der Waals surface area contributed by atoms with Gasteiger partial charge in [0.15, 0.2) is 17.5 Å². The molecule has 7 nitrogen and oxygen atoms in total. The van der Waals surface area contributed by atoms with Crippen LogP contribution in [0.15, 0.2) is 47.5 Å². The second kappa shape index (κ2) is 11.5. The van der Waals surface area contributed by atoms with E-state index in [1.54, 1.807) is 28.4 Å².